The van der Waals surface area contributed by atoms with Crippen molar-refractivity contribution in [3.63, 3.8) is 0 Å². The van der Waals surface area contributed by atoms with Gasteiger partial charge in [0.25, 0.3) is 0 Å². The molecule has 3 rings (SSSR count). The summed E-state index contributed by atoms with van der Waals surface area (Å²) in [4.78, 5) is 12.2. The van der Waals surface area contributed by atoms with E-state index in [0.717, 1.165) is 30.8 Å². The molecule has 1 amide bonds. The van der Waals surface area contributed by atoms with Crippen LogP contribution in [0.3, 0.4) is 0 Å². The molecule has 1 aliphatic carbocycles. The molecule has 1 aliphatic rings. The quantitative estimate of drug-likeness (QED) is 0.792. The minimum atomic E-state index is 0.173. The summed E-state index contributed by atoms with van der Waals surface area (Å²) in [5.41, 5.74) is 4.02. The normalized spacial score (nSPS) is 16.6. The summed E-state index contributed by atoms with van der Waals surface area (Å²) in [7, 11) is 0. The largest absolute Gasteiger partial charge is 0.349 e. The highest BCUT2D eigenvalue weighted by Gasteiger charge is 2.20. The van der Waals surface area contributed by atoms with Crippen LogP contribution in [0.1, 0.15) is 42.0 Å². The predicted octanol–water partition coefficient (Wildman–Crippen LogP) is 4.50. The fraction of sp³-hybridized carbons (Fsp3) is 0.350. The van der Waals surface area contributed by atoms with Gasteiger partial charge in [0, 0.05) is 17.9 Å². The minimum absolute atomic E-state index is 0.173. The molecule has 23 heavy (non-hydrogen) atoms. The first kappa shape index (κ1) is 16.1. The van der Waals surface area contributed by atoms with Crippen LogP contribution in [0.25, 0.3) is 0 Å². The fourth-order valence-electron chi connectivity index (χ4n) is 3.10. The number of aryl methyl sites for hydroxylation is 1. The van der Waals surface area contributed by atoms with Crippen molar-refractivity contribution in [2.45, 2.75) is 37.5 Å². The van der Waals surface area contributed by atoms with Gasteiger partial charge in [0.1, 0.15) is 0 Å². The van der Waals surface area contributed by atoms with Crippen molar-refractivity contribution in [2.75, 3.05) is 5.75 Å². The number of thioether (sulfide) groups is 1. The summed E-state index contributed by atoms with van der Waals surface area (Å²) in [6.45, 7) is 0. The zero-order valence-corrected chi connectivity index (χ0v) is 14.1. The van der Waals surface area contributed by atoms with E-state index >= 15 is 0 Å². The van der Waals surface area contributed by atoms with Crippen molar-refractivity contribution in [1.29, 1.82) is 0 Å². The van der Waals surface area contributed by atoms with Gasteiger partial charge in [0.05, 0.1) is 6.04 Å². The van der Waals surface area contributed by atoms with Crippen molar-refractivity contribution < 1.29 is 4.79 Å². The summed E-state index contributed by atoms with van der Waals surface area (Å²) >= 11 is 1.82. The molecule has 0 unspecified atom stereocenters. The lowest BCUT2D eigenvalue weighted by Crippen LogP contribution is -2.31. The lowest BCUT2D eigenvalue weighted by Gasteiger charge is -2.26. The highest BCUT2D eigenvalue weighted by molar-refractivity contribution is 7.98. The third kappa shape index (κ3) is 4.61. The zero-order valence-electron chi connectivity index (χ0n) is 13.3. The van der Waals surface area contributed by atoms with Crippen LogP contribution in [0.2, 0.25) is 0 Å². The lowest BCUT2D eigenvalue weighted by atomic mass is 9.88. The van der Waals surface area contributed by atoms with Crippen LogP contribution in [-0.4, -0.2) is 11.7 Å². The SMILES string of the molecule is O=C(CCSCc1ccccc1)N[C@H]1CCCc2ccccc21. The topological polar surface area (TPSA) is 29.1 Å². The van der Waals surface area contributed by atoms with E-state index < -0.39 is 0 Å². The molecule has 0 aliphatic heterocycles. The van der Waals surface area contributed by atoms with Gasteiger partial charge < -0.3 is 5.32 Å². The van der Waals surface area contributed by atoms with Crippen LogP contribution < -0.4 is 5.32 Å². The Morgan fingerprint density at radius 2 is 1.87 bits per heavy atom. The van der Waals surface area contributed by atoms with Crippen LogP contribution in [0.15, 0.2) is 54.6 Å². The maximum Gasteiger partial charge on any atom is 0.221 e. The Labute approximate surface area is 142 Å². The Hall–Kier alpha value is -1.74. The third-order valence-corrected chi connectivity index (χ3v) is 5.32. The molecule has 120 valence electrons. The third-order valence-electron chi connectivity index (χ3n) is 4.29. The summed E-state index contributed by atoms with van der Waals surface area (Å²) in [5, 5.41) is 3.22. The van der Waals surface area contributed by atoms with E-state index in [1.807, 2.05) is 17.8 Å². The van der Waals surface area contributed by atoms with Crippen molar-refractivity contribution in [3.8, 4) is 0 Å². The Balaban J connectivity index is 1.43. The smallest absolute Gasteiger partial charge is 0.221 e. The minimum Gasteiger partial charge on any atom is -0.349 e. The van der Waals surface area contributed by atoms with Crippen LogP contribution >= 0.6 is 11.8 Å². The molecule has 0 heterocycles. The van der Waals surface area contributed by atoms with E-state index in [1.165, 1.54) is 16.7 Å². The standard InChI is InChI=1S/C20H23NOS/c22-20(13-14-23-15-16-7-2-1-3-8-16)21-19-12-6-10-17-9-4-5-11-18(17)19/h1-5,7-9,11,19H,6,10,12-15H2,(H,21,22)/t19-/m0/s1. The van der Waals surface area contributed by atoms with Crippen molar-refractivity contribution >= 4 is 17.7 Å². The first-order valence-electron chi connectivity index (χ1n) is 8.32. The number of benzene rings is 2. The van der Waals surface area contributed by atoms with Gasteiger partial charge in [-0.2, -0.15) is 11.8 Å². The molecule has 2 aromatic carbocycles. The van der Waals surface area contributed by atoms with Crippen LogP contribution in [0, 0.1) is 0 Å². The average molecular weight is 325 g/mol. The highest BCUT2D eigenvalue weighted by Crippen LogP contribution is 2.29. The van der Waals surface area contributed by atoms with Crippen molar-refractivity contribution in [2.24, 2.45) is 0 Å². The summed E-state index contributed by atoms with van der Waals surface area (Å²) in [6.07, 6.45) is 3.94. The van der Waals surface area contributed by atoms with Crippen molar-refractivity contribution in [1.82, 2.24) is 5.32 Å². The first-order chi connectivity index (χ1) is 11.3. The molecule has 1 atom stereocenters. The van der Waals surface area contributed by atoms with E-state index in [9.17, 15) is 4.79 Å². The summed E-state index contributed by atoms with van der Waals surface area (Å²) in [5.74, 6) is 2.02. The average Bonchev–Trinajstić information content (AvgIpc) is 2.60. The number of amides is 1. The van der Waals surface area contributed by atoms with E-state index in [-0.39, 0.29) is 11.9 Å². The maximum atomic E-state index is 12.2. The molecular formula is C20H23NOS. The number of hydrogen-bond acceptors (Lipinski definition) is 2. The molecule has 0 bridgehead atoms. The molecule has 2 aromatic rings. The number of carbonyl (C=O) groups excluding carboxylic acids is 1. The van der Waals surface area contributed by atoms with E-state index in [4.69, 9.17) is 0 Å². The second kappa shape index (κ2) is 8.21. The van der Waals surface area contributed by atoms with Gasteiger partial charge in [-0.25, -0.2) is 0 Å². The predicted molar refractivity (Wildman–Crippen MR) is 97.5 cm³/mol. The second-order valence-electron chi connectivity index (χ2n) is 6.00. The van der Waals surface area contributed by atoms with Crippen molar-refractivity contribution in [3.05, 3.63) is 71.3 Å². The molecule has 0 saturated carbocycles. The maximum absolute atomic E-state index is 12.2. The van der Waals surface area contributed by atoms with E-state index in [1.54, 1.807) is 0 Å². The summed E-state index contributed by atoms with van der Waals surface area (Å²) < 4.78 is 0. The molecule has 1 N–H and O–H groups in total. The number of carbonyl (C=O) groups is 1. The van der Waals surface area contributed by atoms with Gasteiger partial charge in [-0.3, -0.25) is 4.79 Å². The molecule has 0 spiro atoms. The highest BCUT2D eigenvalue weighted by atomic mass is 32.2. The fourth-order valence-corrected chi connectivity index (χ4v) is 4.00. The molecule has 0 fully saturated rings. The molecule has 0 aromatic heterocycles. The van der Waals surface area contributed by atoms with Gasteiger partial charge >= 0.3 is 0 Å². The second-order valence-corrected chi connectivity index (χ2v) is 7.10. The first-order valence-corrected chi connectivity index (χ1v) is 9.47. The number of fused-ring (bicyclic) bond motifs is 1. The van der Waals surface area contributed by atoms with Gasteiger partial charge in [-0.15, -0.1) is 0 Å². The molecule has 3 heteroatoms. The Morgan fingerprint density at radius 1 is 1.09 bits per heavy atom. The Bertz CT molecular complexity index is 641. The van der Waals surface area contributed by atoms with Gasteiger partial charge in [-0.1, -0.05) is 54.6 Å². The Kier molecular flexibility index (Phi) is 5.76. The van der Waals surface area contributed by atoms with Crippen LogP contribution in [0.4, 0.5) is 0 Å². The monoisotopic (exact) mass is 325 g/mol. The van der Waals surface area contributed by atoms with E-state index in [0.29, 0.717) is 6.42 Å². The lowest BCUT2D eigenvalue weighted by molar-refractivity contribution is -0.121. The van der Waals surface area contributed by atoms with Gasteiger partial charge in [-0.05, 0) is 36.0 Å². The van der Waals surface area contributed by atoms with Gasteiger partial charge in [0.15, 0.2) is 0 Å². The Morgan fingerprint density at radius 3 is 2.74 bits per heavy atom. The summed E-state index contributed by atoms with van der Waals surface area (Å²) in [6, 6.07) is 19.1. The number of nitrogens with one attached hydrogen (secondary N) is 1. The molecule has 2 nitrogen and oxygen atoms in total. The number of hydrogen-bond donors (Lipinski definition) is 1. The number of rotatable bonds is 6. The van der Waals surface area contributed by atoms with E-state index in [2.05, 4.69) is 53.8 Å². The molecular weight excluding hydrogens is 302 g/mol. The van der Waals surface area contributed by atoms with Crippen LogP contribution in [-0.2, 0) is 17.0 Å². The van der Waals surface area contributed by atoms with Crippen LogP contribution in [0.5, 0.6) is 0 Å². The molecule has 0 saturated heterocycles. The zero-order chi connectivity index (χ0) is 15.9. The van der Waals surface area contributed by atoms with Gasteiger partial charge in [0.2, 0.25) is 5.91 Å². The molecule has 0 radical (unpaired) electrons.